The maximum Gasteiger partial charge on any atom is 0.338 e. The van der Waals surface area contributed by atoms with E-state index in [9.17, 15) is 14.9 Å². The van der Waals surface area contributed by atoms with Crippen molar-refractivity contribution in [3.05, 3.63) is 46.0 Å². The topological polar surface area (TPSA) is 69.4 Å². The highest BCUT2D eigenvalue weighted by Crippen LogP contribution is 2.39. The molecule has 1 aromatic carbocycles. The van der Waals surface area contributed by atoms with Crippen molar-refractivity contribution >= 4 is 40.4 Å². The van der Waals surface area contributed by atoms with Gasteiger partial charge in [0, 0.05) is 23.4 Å². The second kappa shape index (κ2) is 5.89. The lowest BCUT2D eigenvalue weighted by atomic mass is 9.82. The van der Waals surface area contributed by atoms with Crippen LogP contribution in [0, 0.1) is 16.0 Å². The molecular formula is C15H13Cl2NO4. The Kier molecular flexibility index (Phi) is 4.10. The maximum absolute atomic E-state index is 12.2. The highest BCUT2D eigenvalue weighted by atomic mass is 35.5. The lowest BCUT2D eigenvalue weighted by Crippen LogP contribution is -2.43. The number of carbonyl (C=O) groups is 1. The van der Waals surface area contributed by atoms with Gasteiger partial charge >= 0.3 is 5.97 Å². The molecule has 0 spiro atoms. The van der Waals surface area contributed by atoms with Gasteiger partial charge < -0.3 is 4.74 Å². The summed E-state index contributed by atoms with van der Waals surface area (Å²) in [4.78, 5) is 22.6. The summed E-state index contributed by atoms with van der Waals surface area (Å²) in [6, 6.07) is 5.95. The van der Waals surface area contributed by atoms with Crippen LogP contribution in [0.5, 0.6) is 0 Å². The molecule has 2 aliphatic rings. The number of hydrogen-bond donors (Lipinski definition) is 0. The number of non-ortho nitro benzene ring substituents is 1. The fourth-order valence-electron chi connectivity index (χ4n) is 2.97. The van der Waals surface area contributed by atoms with Gasteiger partial charge in [-0.05, 0) is 18.4 Å². The van der Waals surface area contributed by atoms with Gasteiger partial charge in [-0.15, -0.1) is 23.2 Å². The molecule has 116 valence electrons. The number of nitro groups is 1. The summed E-state index contributed by atoms with van der Waals surface area (Å²) >= 11 is 12.4. The monoisotopic (exact) mass is 341 g/mol. The largest absolute Gasteiger partial charge is 0.457 e. The van der Waals surface area contributed by atoms with E-state index in [4.69, 9.17) is 27.9 Å². The van der Waals surface area contributed by atoms with Crippen LogP contribution in [0.2, 0.25) is 0 Å². The normalized spacial score (nSPS) is 31.0. The minimum absolute atomic E-state index is 0.0642. The quantitative estimate of drug-likeness (QED) is 0.357. The first-order valence-electron chi connectivity index (χ1n) is 6.91. The first-order valence-corrected chi connectivity index (χ1v) is 7.79. The van der Waals surface area contributed by atoms with Crippen LogP contribution in [0.4, 0.5) is 5.69 Å². The van der Waals surface area contributed by atoms with E-state index in [1.54, 1.807) is 18.2 Å². The van der Waals surface area contributed by atoms with Crippen molar-refractivity contribution in [2.45, 2.75) is 29.7 Å². The van der Waals surface area contributed by atoms with Gasteiger partial charge in [0.1, 0.15) is 6.10 Å². The lowest BCUT2D eigenvalue weighted by molar-refractivity contribution is -0.384. The molecule has 0 unspecified atom stereocenters. The average molecular weight is 342 g/mol. The summed E-state index contributed by atoms with van der Waals surface area (Å²) in [6.07, 6.45) is 2.67. The van der Waals surface area contributed by atoms with Crippen LogP contribution in [-0.2, 0) is 9.53 Å². The number of benzene rings is 1. The van der Waals surface area contributed by atoms with Crippen molar-refractivity contribution in [1.82, 2.24) is 0 Å². The molecule has 0 N–H and O–H groups in total. The molecule has 1 aliphatic heterocycles. The minimum atomic E-state index is -0.500. The van der Waals surface area contributed by atoms with Crippen molar-refractivity contribution in [1.29, 1.82) is 0 Å². The van der Waals surface area contributed by atoms with Crippen molar-refractivity contribution in [3.63, 3.8) is 0 Å². The number of nitro benzene ring substituents is 1. The number of halogens is 2. The van der Waals surface area contributed by atoms with Gasteiger partial charge in [0.05, 0.1) is 15.9 Å². The summed E-state index contributed by atoms with van der Waals surface area (Å²) < 4.78 is 5.45. The zero-order chi connectivity index (χ0) is 15.9. The van der Waals surface area contributed by atoms with Gasteiger partial charge in [-0.1, -0.05) is 18.2 Å². The van der Waals surface area contributed by atoms with Crippen LogP contribution in [0.25, 0.3) is 5.57 Å². The van der Waals surface area contributed by atoms with E-state index in [0.717, 1.165) is 0 Å². The Morgan fingerprint density at radius 3 is 2.77 bits per heavy atom. The standard InChI is InChI=1S/C15H13Cl2NO4/c16-10-4-9-6-12(15(19)22-14(9)13(17)7-10)8-2-1-3-11(5-8)18(20)21/h1-3,5-6,9-10,13-14H,4,7H2/t9-,10-,13+,14-/m1/s1. The van der Waals surface area contributed by atoms with Crippen molar-refractivity contribution in [2.24, 2.45) is 5.92 Å². The summed E-state index contributed by atoms with van der Waals surface area (Å²) in [5.74, 6) is -0.564. The van der Waals surface area contributed by atoms with Gasteiger partial charge in [-0.3, -0.25) is 10.1 Å². The summed E-state index contributed by atoms with van der Waals surface area (Å²) in [5, 5.41) is 10.5. The molecule has 4 atom stereocenters. The molecule has 7 heteroatoms. The number of fused-ring (bicyclic) bond motifs is 1. The number of carbonyl (C=O) groups excluding carboxylic acids is 1. The van der Waals surface area contributed by atoms with E-state index in [1.165, 1.54) is 12.1 Å². The number of nitrogens with zero attached hydrogens (tertiary/aromatic N) is 1. The predicted molar refractivity (Wildman–Crippen MR) is 83.0 cm³/mol. The Hall–Kier alpha value is -1.59. The van der Waals surface area contributed by atoms with E-state index in [0.29, 0.717) is 24.0 Å². The van der Waals surface area contributed by atoms with Crippen LogP contribution >= 0.6 is 23.2 Å². The van der Waals surface area contributed by atoms with Crippen LogP contribution in [0.1, 0.15) is 18.4 Å². The average Bonchev–Trinajstić information content (AvgIpc) is 2.47. The van der Waals surface area contributed by atoms with Crippen LogP contribution in [-0.4, -0.2) is 27.8 Å². The second-order valence-electron chi connectivity index (χ2n) is 5.51. The van der Waals surface area contributed by atoms with Gasteiger partial charge in [-0.25, -0.2) is 4.79 Å². The number of hydrogen-bond acceptors (Lipinski definition) is 4. The van der Waals surface area contributed by atoms with Gasteiger partial charge in [0.2, 0.25) is 0 Å². The molecule has 5 nitrogen and oxygen atoms in total. The molecule has 22 heavy (non-hydrogen) atoms. The van der Waals surface area contributed by atoms with E-state index >= 15 is 0 Å². The van der Waals surface area contributed by atoms with Crippen LogP contribution < -0.4 is 0 Å². The summed E-state index contributed by atoms with van der Waals surface area (Å²) in [7, 11) is 0. The van der Waals surface area contributed by atoms with E-state index in [-0.39, 0.29) is 28.5 Å². The molecule has 3 rings (SSSR count). The number of esters is 1. The maximum atomic E-state index is 12.2. The van der Waals surface area contributed by atoms with Gasteiger partial charge in [0.25, 0.3) is 5.69 Å². The van der Waals surface area contributed by atoms with Crippen molar-refractivity contribution in [2.75, 3.05) is 0 Å². The molecular weight excluding hydrogens is 329 g/mol. The van der Waals surface area contributed by atoms with E-state index in [1.807, 2.05) is 0 Å². The third-order valence-corrected chi connectivity index (χ3v) is 4.78. The zero-order valence-electron chi connectivity index (χ0n) is 11.4. The minimum Gasteiger partial charge on any atom is -0.457 e. The molecule has 0 amide bonds. The molecule has 1 aliphatic carbocycles. The van der Waals surface area contributed by atoms with E-state index < -0.39 is 10.9 Å². The molecule has 1 aromatic rings. The summed E-state index contributed by atoms with van der Waals surface area (Å²) in [6.45, 7) is 0. The molecule has 0 saturated heterocycles. The molecule has 0 radical (unpaired) electrons. The molecule has 1 fully saturated rings. The number of rotatable bonds is 2. The Bertz CT molecular complexity index is 661. The van der Waals surface area contributed by atoms with Crippen molar-refractivity contribution in [3.8, 4) is 0 Å². The Morgan fingerprint density at radius 2 is 2.05 bits per heavy atom. The first kappa shape index (κ1) is 15.3. The predicted octanol–water partition coefficient (Wildman–Crippen LogP) is 3.53. The third-order valence-electron chi connectivity index (χ3n) is 4.00. The van der Waals surface area contributed by atoms with Gasteiger partial charge in [-0.2, -0.15) is 0 Å². The summed E-state index contributed by atoms with van der Waals surface area (Å²) in [5.41, 5.74) is 0.738. The Morgan fingerprint density at radius 1 is 1.27 bits per heavy atom. The fourth-order valence-corrected chi connectivity index (χ4v) is 3.91. The zero-order valence-corrected chi connectivity index (χ0v) is 13.0. The van der Waals surface area contributed by atoms with Gasteiger partial charge in [0.15, 0.2) is 0 Å². The van der Waals surface area contributed by atoms with E-state index in [2.05, 4.69) is 0 Å². The SMILES string of the molecule is O=C1O[C@H]2[C@@H](Cl)C[C@H](Cl)C[C@@H]2C=C1c1cccc([N+](=O)[O-])c1. The number of ether oxygens (including phenoxy) is 1. The smallest absolute Gasteiger partial charge is 0.338 e. The molecule has 1 heterocycles. The Labute approximate surface area is 137 Å². The lowest BCUT2D eigenvalue weighted by Gasteiger charge is -2.38. The van der Waals surface area contributed by atoms with Crippen LogP contribution in [0.15, 0.2) is 30.3 Å². The second-order valence-corrected chi connectivity index (χ2v) is 6.68. The van der Waals surface area contributed by atoms with Crippen molar-refractivity contribution < 1.29 is 14.5 Å². The fraction of sp³-hybridized carbons (Fsp3) is 0.400. The molecule has 1 saturated carbocycles. The highest BCUT2D eigenvalue weighted by molar-refractivity contribution is 6.25. The molecule has 0 bridgehead atoms. The number of alkyl halides is 2. The molecule has 0 aromatic heterocycles. The highest BCUT2D eigenvalue weighted by Gasteiger charge is 2.41. The first-order chi connectivity index (χ1) is 10.5. The van der Waals surface area contributed by atoms with Crippen LogP contribution in [0.3, 0.4) is 0 Å². The third kappa shape index (κ3) is 2.83. The Balaban J connectivity index is 1.96.